The van der Waals surface area contributed by atoms with Crippen LogP contribution in [0.5, 0.6) is 0 Å². The van der Waals surface area contributed by atoms with Gasteiger partial charge in [0.15, 0.2) is 0 Å². The molecular weight excluding hydrogens is 120 g/mol. The van der Waals surface area contributed by atoms with Crippen LogP contribution in [0.2, 0.25) is 0 Å². The van der Waals surface area contributed by atoms with Gasteiger partial charge in [-0.05, 0) is 23.8 Å². The van der Waals surface area contributed by atoms with Gasteiger partial charge >= 0.3 is 0 Å². The summed E-state index contributed by atoms with van der Waals surface area (Å²) in [7, 11) is 0. The van der Waals surface area contributed by atoms with Gasteiger partial charge in [-0.25, -0.2) is 0 Å². The maximum atomic E-state index is 9.16. The van der Waals surface area contributed by atoms with Crippen molar-refractivity contribution in [2.24, 2.45) is 5.92 Å². The highest BCUT2D eigenvalue weighted by molar-refractivity contribution is 7.99. The van der Waals surface area contributed by atoms with Gasteiger partial charge in [-0.1, -0.05) is 6.92 Å². The number of aliphatic hydroxyl groups excluding tert-OH is 1. The van der Waals surface area contributed by atoms with Crippen molar-refractivity contribution in [3.05, 3.63) is 0 Å². The summed E-state index contributed by atoms with van der Waals surface area (Å²) in [6, 6.07) is 0. The molecule has 1 aliphatic rings. The molecule has 8 heavy (non-hydrogen) atoms. The van der Waals surface area contributed by atoms with E-state index < -0.39 is 0 Å². The average molecular weight is 132 g/mol. The van der Waals surface area contributed by atoms with Crippen LogP contribution >= 0.6 is 11.8 Å². The third-order valence-corrected chi connectivity index (χ3v) is 2.88. The lowest BCUT2D eigenvalue weighted by atomic mass is 10.1. The quantitative estimate of drug-likeness (QED) is 0.533. The molecule has 0 bridgehead atoms. The Morgan fingerprint density at radius 2 is 2.38 bits per heavy atom. The van der Waals surface area contributed by atoms with Gasteiger partial charge in [-0.2, -0.15) is 11.8 Å². The first-order valence-electron chi connectivity index (χ1n) is 3.06. The SMILES string of the molecule is C[C@@H]1CSCC[C@@H]1O. The van der Waals surface area contributed by atoms with Crippen LogP contribution < -0.4 is 0 Å². The molecule has 0 aromatic heterocycles. The molecule has 0 unspecified atom stereocenters. The van der Waals surface area contributed by atoms with Crippen molar-refractivity contribution >= 4 is 11.8 Å². The van der Waals surface area contributed by atoms with E-state index in [4.69, 9.17) is 5.11 Å². The minimum Gasteiger partial charge on any atom is -0.393 e. The molecule has 1 rings (SSSR count). The van der Waals surface area contributed by atoms with Crippen LogP contribution in [-0.4, -0.2) is 22.7 Å². The van der Waals surface area contributed by atoms with Crippen molar-refractivity contribution in [1.82, 2.24) is 0 Å². The van der Waals surface area contributed by atoms with Crippen molar-refractivity contribution < 1.29 is 5.11 Å². The van der Waals surface area contributed by atoms with Crippen LogP contribution in [0.3, 0.4) is 0 Å². The summed E-state index contributed by atoms with van der Waals surface area (Å²) in [5.41, 5.74) is 0. The molecule has 0 saturated carbocycles. The minimum atomic E-state index is -0.0174. The van der Waals surface area contributed by atoms with Gasteiger partial charge in [0.25, 0.3) is 0 Å². The molecule has 1 N–H and O–H groups in total. The van der Waals surface area contributed by atoms with Gasteiger partial charge in [0.1, 0.15) is 0 Å². The highest BCUT2D eigenvalue weighted by atomic mass is 32.2. The first-order chi connectivity index (χ1) is 3.80. The fraction of sp³-hybridized carbons (Fsp3) is 1.00. The van der Waals surface area contributed by atoms with E-state index in [1.807, 2.05) is 11.8 Å². The van der Waals surface area contributed by atoms with Crippen molar-refractivity contribution in [2.45, 2.75) is 19.4 Å². The monoisotopic (exact) mass is 132 g/mol. The maximum absolute atomic E-state index is 9.16. The Labute approximate surface area is 54.5 Å². The van der Waals surface area contributed by atoms with E-state index in [9.17, 15) is 0 Å². The van der Waals surface area contributed by atoms with Gasteiger partial charge in [0.05, 0.1) is 6.10 Å². The van der Waals surface area contributed by atoms with Crippen molar-refractivity contribution in [3.8, 4) is 0 Å². The summed E-state index contributed by atoms with van der Waals surface area (Å²) in [5, 5.41) is 9.16. The third kappa shape index (κ3) is 1.39. The molecule has 1 aliphatic heterocycles. The van der Waals surface area contributed by atoms with E-state index in [1.54, 1.807) is 0 Å². The summed E-state index contributed by atoms with van der Waals surface area (Å²) in [6.45, 7) is 2.11. The molecule has 1 fully saturated rings. The standard InChI is InChI=1S/C6H12OS/c1-5-4-8-3-2-6(5)7/h5-7H,2-4H2,1H3/t5-,6+/m1/s1. The fourth-order valence-electron chi connectivity index (χ4n) is 0.869. The lowest BCUT2D eigenvalue weighted by molar-refractivity contribution is 0.121. The van der Waals surface area contributed by atoms with E-state index in [2.05, 4.69) is 6.92 Å². The lowest BCUT2D eigenvalue weighted by Gasteiger charge is -2.22. The highest BCUT2D eigenvalue weighted by Crippen LogP contribution is 2.21. The second-order valence-corrected chi connectivity index (χ2v) is 3.56. The number of aliphatic hydroxyl groups is 1. The Hall–Kier alpha value is 0.310. The largest absolute Gasteiger partial charge is 0.393 e. The molecule has 0 aromatic carbocycles. The first kappa shape index (κ1) is 6.43. The van der Waals surface area contributed by atoms with Crippen LogP contribution in [0.4, 0.5) is 0 Å². The zero-order valence-corrected chi connectivity index (χ0v) is 5.95. The molecule has 0 amide bonds. The molecule has 1 heterocycles. The topological polar surface area (TPSA) is 20.2 Å². The molecule has 1 saturated heterocycles. The van der Waals surface area contributed by atoms with Gasteiger partial charge in [0, 0.05) is 0 Å². The molecule has 0 aliphatic carbocycles. The van der Waals surface area contributed by atoms with E-state index in [0.29, 0.717) is 5.92 Å². The summed E-state index contributed by atoms with van der Waals surface area (Å²) in [4.78, 5) is 0. The van der Waals surface area contributed by atoms with E-state index >= 15 is 0 Å². The summed E-state index contributed by atoms with van der Waals surface area (Å²) < 4.78 is 0. The lowest BCUT2D eigenvalue weighted by Crippen LogP contribution is -2.24. The second kappa shape index (κ2) is 2.74. The van der Waals surface area contributed by atoms with Crippen LogP contribution in [-0.2, 0) is 0 Å². The molecule has 0 aromatic rings. The first-order valence-corrected chi connectivity index (χ1v) is 4.22. The zero-order valence-electron chi connectivity index (χ0n) is 5.13. The average Bonchev–Trinajstić information content (AvgIpc) is 1.77. The van der Waals surface area contributed by atoms with Crippen LogP contribution in [0, 0.1) is 5.92 Å². The molecule has 0 radical (unpaired) electrons. The predicted molar refractivity (Wildman–Crippen MR) is 37.1 cm³/mol. The zero-order chi connectivity index (χ0) is 5.98. The predicted octanol–water partition coefficient (Wildman–Crippen LogP) is 1.12. The Morgan fingerprint density at radius 1 is 1.62 bits per heavy atom. The van der Waals surface area contributed by atoms with Crippen LogP contribution in [0.25, 0.3) is 0 Å². The third-order valence-electron chi connectivity index (χ3n) is 1.60. The molecule has 1 nitrogen and oxygen atoms in total. The maximum Gasteiger partial charge on any atom is 0.0581 e. The normalized spacial score (nSPS) is 39.8. The Bertz CT molecular complexity index is 64.9. The molecule has 2 atom stereocenters. The Morgan fingerprint density at radius 3 is 2.75 bits per heavy atom. The highest BCUT2D eigenvalue weighted by Gasteiger charge is 2.17. The van der Waals surface area contributed by atoms with Gasteiger partial charge < -0.3 is 5.11 Å². The summed E-state index contributed by atoms with van der Waals surface area (Å²) >= 11 is 1.95. The minimum absolute atomic E-state index is 0.0174. The van der Waals surface area contributed by atoms with Gasteiger partial charge in [0.2, 0.25) is 0 Å². The second-order valence-electron chi connectivity index (χ2n) is 2.41. The molecule has 2 heteroatoms. The Balaban J connectivity index is 2.28. The number of rotatable bonds is 0. The van der Waals surface area contributed by atoms with Gasteiger partial charge in [-0.3, -0.25) is 0 Å². The number of hydrogen-bond donors (Lipinski definition) is 1. The molecule has 48 valence electrons. The molecular formula is C6H12OS. The number of thioether (sulfide) groups is 1. The summed E-state index contributed by atoms with van der Waals surface area (Å²) in [6.07, 6.45) is 0.975. The van der Waals surface area contributed by atoms with E-state index in [0.717, 1.165) is 17.9 Å². The van der Waals surface area contributed by atoms with Crippen LogP contribution in [0.15, 0.2) is 0 Å². The fourth-order valence-corrected chi connectivity index (χ4v) is 2.04. The van der Waals surface area contributed by atoms with Crippen molar-refractivity contribution in [1.29, 1.82) is 0 Å². The van der Waals surface area contributed by atoms with E-state index in [1.165, 1.54) is 0 Å². The number of hydrogen-bond acceptors (Lipinski definition) is 2. The van der Waals surface area contributed by atoms with E-state index in [-0.39, 0.29) is 6.10 Å². The smallest absolute Gasteiger partial charge is 0.0581 e. The van der Waals surface area contributed by atoms with Crippen molar-refractivity contribution in [2.75, 3.05) is 11.5 Å². The van der Waals surface area contributed by atoms with Gasteiger partial charge in [-0.15, -0.1) is 0 Å². The Kier molecular flexibility index (Phi) is 2.20. The van der Waals surface area contributed by atoms with Crippen LogP contribution in [0.1, 0.15) is 13.3 Å². The molecule has 0 spiro atoms. The van der Waals surface area contributed by atoms with Crippen molar-refractivity contribution in [3.63, 3.8) is 0 Å². The summed E-state index contributed by atoms with van der Waals surface area (Å²) in [5.74, 6) is 2.81.